The number of nitro groups is 1. The van der Waals surface area contributed by atoms with Crippen molar-refractivity contribution in [3.05, 3.63) is 58.5 Å². The third-order valence-corrected chi connectivity index (χ3v) is 5.84. The van der Waals surface area contributed by atoms with Gasteiger partial charge in [0, 0.05) is 31.8 Å². The van der Waals surface area contributed by atoms with Crippen molar-refractivity contribution in [2.24, 2.45) is 7.05 Å². The van der Waals surface area contributed by atoms with E-state index in [2.05, 4.69) is 25.4 Å². The lowest BCUT2D eigenvalue weighted by atomic mass is 10.2. The van der Waals surface area contributed by atoms with Crippen LogP contribution in [-0.4, -0.2) is 43.7 Å². The number of amides is 1. The number of nitrogens with one attached hydrogen (secondary N) is 1. The number of nitro benzene ring substituents is 1. The van der Waals surface area contributed by atoms with E-state index >= 15 is 0 Å². The van der Waals surface area contributed by atoms with Gasteiger partial charge in [-0.3, -0.25) is 14.9 Å². The summed E-state index contributed by atoms with van der Waals surface area (Å²) in [6.07, 6.45) is 5.42. The Kier molecular flexibility index (Phi) is 5.61. The van der Waals surface area contributed by atoms with Crippen LogP contribution in [0.25, 0.3) is 0 Å². The summed E-state index contributed by atoms with van der Waals surface area (Å²) < 4.78 is 1.66. The Morgan fingerprint density at radius 3 is 2.67 bits per heavy atom. The third-order valence-electron chi connectivity index (χ3n) is 4.72. The van der Waals surface area contributed by atoms with E-state index in [1.54, 1.807) is 36.0 Å². The van der Waals surface area contributed by atoms with Crippen molar-refractivity contribution in [3.63, 3.8) is 0 Å². The minimum Gasteiger partial charge on any atom is -0.357 e. The van der Waals surface area contributed by atoms with Crippen LogP contribution < -0.4 is 10.2 Å². The lowest BCUT2D eigenvalue weighted by molar-refractivity contribution is -0.387. The Hall–Kier alpha value is -3.47. The fraction of sp³-hybridized carbons (Fsp3) is 0.263. The number of pyridine rings is 1. The van der Waals surface area contributed by atoms with Gasteiger partial charge < -0.3 is 14.8 Å². The number of benzene rings is 1. The Balaban J connectivity index is 1.50. The van der Waals surface area contributed by atoms with Gasteiger partial charge in [0.25, 0.3) is 11.6 Å². The molecule has 3 heterocycles. The Labute approximate surface area is 176 Å². The highest BCUT2D eigenvalue weighted by atomic mass is 32.2. The number of anilines is 2. The van der Waals surface area contributed by atoms with Gasteiger partial charge in [-0.2, -0.15) is 0 Å². The molecule has 0 unspecified atom stereocenters. The average molecular weight is 425 g/mol. The van der Waals surface area contributed by atoms with E-state index in [0.29, 0.717) is 15.7 Å². The first kappa shape index (κ1) is 19.8. The Morgan fingerprint density at radius 1 is 1.23 bits per heavy atom. The van der Waals surface area contributed by atoms with Crippen LogP contribution in [0.15, 0.2) is 52.9 Å². The van der Waals surface area contributed by atoms with Crippen molar-refractivity contribution in [1.29, 1.82) is 0 Å². The summed E-state index contributed by atoms with van der Waals surface area (Å²) in [4.78, 5) is 30.6. The fourth-order valence-electron chi connectivity index (χ4n) is 3.15. The van der Waals surface area contributed by atoms with Crippen LogP contribution in [0.3, 0.4) is 0 Å². The molecule has 0 saturated carbocycles. The SMILES string of the molecule is Cn1cnnc1Sc1ccc(C(=O)Nc2ccc(N3CCCC3)nc2)cc1[N+](=O)[O-]. The van der Waals surface area contributed by atoms with Crippen molar-refractivity contribution < 1.29 is 9.72 Å². The Bertz CT molecular complexity index is 1080. The maximum Gasteiger partial charge on any atom is 0.284 e. The van der Waals surface area contributed by atoms with Crippen molar-refractivity contribution in [2.45, 2.75) is 22.9 Å². The normalized spacial score (nSPS) is 13.4. The molecule has 1 aromatic carbocycles. The minimum atomic E-state index is -0.512. The molecule has 154 valence electrons. The van der Waals surface area contributed by atoms with Gasteiger partial charge in [0.1, 0.15) is 12.1 Å². The molecule has 2 aromatic heterocycles. The van der Waals surface area contributed by atoms with Crippen LogP contribution in [0.5, 0.6) is 0 Å². The lowest BCUT2D eigenvalue weighted by Gasteiger charge is -2.16. The zero-order chi connectivity index (χ0) is 21.1. The first-order chi connectivity index (χ1) is 14.5. The lowest BCUT2D eigenvalue weighted by Crippen LogP contribution is -2.19. The molecular formula is C19H19N7O3S. The van der Waals surface area contributed by atoms with E-state index in [1.807, 2.05) is 6.07 Å². The first-order valence-corrected chi connectivity index (χ1v) is 10.2. The molecule has 3 aromatic rings. The van der Waals surface area contributed by atoms with E-state index in [-0.39, 0.29) is 11.3 Å². The van der Waals surface area contributed by atoms with Gasteiger partial charge in [0.05, 0.1) is 21.7 Å². The molecule has 10 nitrogen and oxygen atoms in total. The maximum absolute atomic E-state index is 12.6. The molecule has 1 N–H and O–H groups in total. The zero-order valence-electron chi connectivity index (χ0n) is 16.2. The number of carbonyl (C=O) groups excluding carboxylic acids is 1. The predicted molar refractivity (Wildman–Crippen MR) is 112 cm³/mol. The zero-order valence-corrected chi connectivity index (χ0v) is 17.0. The molecule has 1 saturated heterocycles. The van der Waals surface area contributed by atoms with E-state index < -0.39 is 10.8 Å². The summed E-state index contributed by atoms with van der Waals surface area (Å²) in [5.41, 5.74) is 0.550. The summed E-state index contributed by atoms with van der Waals surface area (Å²) in [6, 6.07) is 8.00. The monoisotopic (exact) mass is 425 g/mol. The van der Waals surface area contributed by atoms with Crippen molar-refractivity contribution in [3.8, 4) is 0 Å². The van der Waals surface area contributed by atoms with E-state index in [9.17, 15) is 14.9 Å². The molecule has 30 heavy (non-hydrogen) atoms. The quantitative estimate of drug-likeness (QED) is 0.473. The molecule has 0 bridgehead atoms. The van der Waals surface area contributed by atoms with Crippen LogP contribution in [0.1, 0.15) is 23.2 Å². The van der Waals surface area contributed by atoms with Crippen LogP contribution in [-0.2, 0) is 7.05 Å². The average Bonchev–Trinajstić information content (AvgIpc) is 3.41. The summed E-state index contributed by atoms with van der Waals surface area (Å²) >= 11 is 1.12. The topological polar surface area (TPSA) is 119 Å². The highest BCUT2D eigenvalue weighted by Crippen LogP contribution is 2.34. The van der Waals surface area contributed by atoms with Crippen LogP contribution in [0.2, 0.25) is 0 Å². The number of nitrogens with zero attached hydrogens (tertiary/aromatic N) is 6. The highest BCUT2D eigenvalue weighted by molar-refractivity contribution is 7.99. The number of hydrogen-bond donors (Lipinski definition) is 1. The van der Waals surface area contributed by atoms with Crippen molar-refractivity contribution >= 4 is 34.9 Å². The number of carbonyl (C=O) groups is 1. The highest BCUT2D eigenvalue weighted by Gasteiger charge is 2.20. The summed E-state index contributed by atoms with van der Waals surface area (Å²) in [5, 5.41) is 22.5. The second kappa shape index (κ2) is 8.49. The molecule has 0 aliphatic carbocycles. The molecule has 0 radical (unpaired) electrons. The number of aryl methyl sites for hydroxylation is 1. The van der Waals surface area contributed by atoms with E-state index in [1.165, 1.54) is 12.4 Å². The molecule has 1 amide bonds. The van der Waals surface area contributed by atoms with Gasteiger partial charge in [-0.1, -0.05) is 0 Å². The largest absolute Gasteiger partial charge is 0.357 e. The van der Waals surface area contributed by atoms with Gasteiger partial charge in [-0.05, 0) is 48.9 Å². The van der Waals surface area contributed by atoms with Gasteiger partial charge in [0.15, 0.2) is 5.16 Å². The fourth-order valence-corrected chi connectivity index (χ4v) is 4.00. The van der Waals surface area contributed by atoms with Gasteiger partial charge >= 0.3 is 0 Å². The second-order valence-electron chi connectivity index (χ2n) is 6.82. The van der Waals surface area contributed by atoms with Crippen LogP contribution >= 0.6 is 11.8 Å². The first-order valence-electron chi connectivity index (χ1n) is 9.34. The summed E-state index contributed by atoms with van der Waals surface area (Å²) in [7, 11) is 1.75. The Morgan fingerprint density at radius 2 is 2.03 bits per heavy atom. The molecular weight excluding hydrogens is 406 g/mol. The maximum atomic E-state index is 12.6. The van der Waals surface area contributed by atoms with Crippen molar-refractivity contribution in [2.75, 3.05) is 23.3 Å². The van der Waals surface area contributed by atoms with Crippen LogP contribution in [0, 0.1) is 10.1 Å². The minimum absolute atomic E-state index is 0.168. The molecule has 11 heteroatoms. The number of aromatic nitrogens is 4. The standard InChI is InChI=1S/C19H19N7O3S/c1-24-12-21-23-19(24)30-16-6-4-13(10-15(16)26(28)29)18(27)22-14-5-7-17(20-11-14)25-8-2-3-9-25/h4-7,10-12H,2-3,8-9H2,1H3,(H,22,27). The second-order valence-corrected chi connectivity index (χ2v) is 7.83. The molecule has 0 spiro atoms. The van der Waals surface area contributed by atoms with Gasteiger partial charge in [-0.15, -0.1) is 10.2 Å². The number of rotatable bonds is 6. The third kappa shape index (κ3) is 4.25. The van der Waals surface area contributed by atoms with Gasteiger partial charge in [0.2, 0.25) is 0 Å². The molecule has 1 aliphatic heterocycles. The smallest absolute Gasteiger partial charge is 0.284 e. The summed E-state index contributed by atoms with van der Waals surface area (Å²) in [6.45, 7) is 1.97. The predicted octanol–water partition coefficient (Wildman–Crippen LogP) is 3.12. The summed E-state index contributed by atoms with van der Waals surface area (Å²) in [5.74, 6) is 0.440. The van der Waals surface area contributed by atoms with E-state index in [4.69, 9.17) is 0 Å². The molecule has 1 aliphatic rings. The van der Waals surface area contributed by atoms with E-state index in [0.717, 1.165) is 43.5 Å². The molecule has 0 atom stereocenters. The van der Waals surface area contributed by atoms with Crippen molar-refractivity contribution in [1.82, 2.24) is 19.7 Å². The number of hydrogen-bond acceptors (Lipinski definition) is 8. The van der Waals surface area contributed by atoms with Gasteiger partial charge in [-0.25, -0.2) is 4.98 Å². The molecule has 1 fully saturated rings. The molecule has 4 rings (SSSR count). The van der Waals surface area contributed by atoms with Crippen LogP contribution in [0.4, 0.5) is 17.2 Å².